The Morgan fingerprint density at radius 3 is 2.85 bits per heavy atom. The largest absolute Gasteiger partial charge is 0.133 e. The summed E-state index contributed by atoms with van der Waals surface area (Å²) in [5.41, 5.74) is 2.85. The normalized spacial score (nSPS) is 16.8. The van der Waals surface area contributed by atoms with E-state index in [9.17, 15) is 0 Å². The maximum Gasteiger partial charge on any atom is 0.0574 e. The van der Waals surface area contributed by atoms with Gasteiger partial charge < -0.3 is 0 Å². The molecule has 0 radical (unpaired) electrons. The van der Waals surface area contributed by atoms with Gasteiger partial charge in [0, 0.05) is 4.88 Å². The molecule has 0 atom stereocenters. The first kappa shape index (κ1) is 9.10. The first-order valence-corrected chi connectivity index (χ1v) is 5.68. The Morgan fingerprint density at radius 2 is 2.23 bits per heavy atom. The van der Waals surface area contributed by atoms with E-state index in [1.165, 1.54) is 28.9 Å². The Balaban J connectivity index is 2.32. The van der Waals surface area contributed by atoms with E-state index in [-0.39, 0.29) is 0 Å². The van der Waals surface area contributed by atoms with Crippen molar-refractivity contribution < 1.29 is 0 Å². The van der Waals surface area contributed by atoms with E-state index in [0.29, 0.717) is 0 Å². The van der Waals surface area contributed by atoms with Crippen LogP contribution in [0.4, 0.5) is 0 Å². The maximum absolute atomic E-state index is 4.32. The van der Waals surface area contributed by atoms with Crippen molar-refractivity contribution in [2.75, 3.05) is 0 Å². The molecule has 1 aliphatic carbocycles. The van der Waals surface area contributed by atoms with Crippen molar-refractivity contribution in [1.29, 1.82) is 0 Å². The number of hydrogen-bond acceptors (Lipinski definition) is 2. The van der Waals surface area contributed by atoms with Crippen molar-refractivity contribution >= 4 is 29.5 Å². The molecule has 1 aliphatic rings. The molecule has 1 aromatic rings. The fourth-order valence-corrected chi connectivity index (χ4v) is 2.63. The van der Waals surface area contributed by atoms with Crippen molar-refractivity contribution in [1.82, 2.24) is 0 Å². The van der Waals surface area contributed by atoms with Gasteiger partial charge in [0.05, 0.1) is 4.21 Å². The van der Waals surface area contributed by atoms with Crippen LogP contribution in [-0.2, 0) is 0 Å². The predicted molar refractivity (Wildman–Crippen MR) is 62.5 cm³/mol. The second kappa shape index (κ2) is 3.72. The fourth-order valence-electron chi connectivity index (χ4n) is 1.51. The molecule has 0 bridgehead atoms. The van der Waals surface area contributed by atoms with E-state index in [4.69, 9.17) is 0 Å². The zero-order valence-corrected chi connectivity index (χ0v) is 9.29. The van der Waals surface area contributed by atoms with E-state index in [1.54, 1.807) is 11.3 Å². The van der Waals surface area contributed by atoms with Gasteiger partial charge in [0.25, 0.3) is 0 Å². The summed E-state index contributed by atoms with van der Waals surface area (Å²) in [4.78, 5) is 1.34. The van der Waals surface area contributed by atoms with Gasteiger partial charge >= 0.3 is 0 Å². The third-order valence-electron chi connectivity index (χ3n) is 2.18. The fraction of sp³-hybridized carbons (Fsp3) is 0.273. The van der Waals surface area contributed by atoms with Gasteiger partial charge in [0.15, 0.2) is 0 Å². The van der Waals surface area contributed by atoms with Gasteiger partial charge in [-0.05, 0) is 37.5 Å². The van der Waals surface area contributed by atoms with Crippen LogP contribution in [0.1, 0.15) is 24.6 Å². The minimum Gasteiger partial charge on any atom is -0.133 e. The molecule has 13 heavy (non-hydrogen) atoms. The standard InChI is InChI=1S/C11H12S2/c1-8-3-2-4-9(7-8)10-5-6-11(12)13-10/h4-7,12H,2-3H2,1H3. The molecule has 0 nitrogen and oxygen atoms in total. The van der Waals surface area contributed by atoms with E-state index < -0.39 is 0 Å². The number of thiophene rings is 1. The molecule has 0 aliphatic heterocycles. The Morgan fingerprint density at radius 1 is 1.38 bits per heavy atom. The number of rotatable bonds is 1. The zero-order chi connectivity index (χ0) is 9.26. The van der Waals surface area contributed by atoms with Gasteiger partial charge in [0.2, 0.25) is 0 Å². The second-order valence-corrected chi connectivity index (χ2v) is 5.19. The minimum atomic E-state index is 1.09. The summed E-state index contributed by atoms with van der Waals surface area (Å²) in [6.07, 6.45) is 6.98. The third kappa shape index (κ3) is 2.06. The Hall–Kier alpha value is -0.470. The summed E-state index contributed by atoms with van der Waals surface area (Å²) >= 11 is 6.07. The lowest BCUT2D eigenvalue weighted by atomic mass is 10.00. The first-order valence-electron chi connectivity index (χ1n) is 4.42. The zero-order valence-electron chi connectivity index (χ0n) is 7.58. The van der Waals surface area contributed by atoms with Crippen LogP contribution in [0.25, 0.3) is 5.57 Å². The molecular formula is C11H12S2. The Bertz CT molecular complexity index is 369. The lowest BCUT2D eigenvalue weighted by Gasteiger charge is -2.08. The summed E-state index contributed by atoms with van der Waals surface area (Å²) in [7, 11) is 0. The van der Waals surface area contributed by atoms with E-state index >= 15 is 0 Å². The van der Waals surface area contributed by atoms with Gasteiger partial charge in [-0.3, -0.25) is 0 Å². The summed E-state index contributed by atoms with van der Waals surface area (Å²) in [6, 6.07) is 4.20. The van der Waals surface area contributed by atoms with Crippen LogP contribution < -0.4 is 0 Å². The molecule has 68 valence electrons. The van der Waals surface area contributed by atoms with Crippen LogP contribution in [0, 0.1) is 0 Å². The van der Waals surface area contributed by atoms with Crippen LogP contribution >= 0.6 is 24.0 Å². The number of thiol groups is 1. The van der Waals surface area contributed by atoms with Crippen LogP contribution in [0.3, 0.4) is 0 Å². The highest BCUT2D eigenvalue weighted by Gasteiger charge is 2.05. The smallest absolute Gasteiger partial charge is 0.0574 e. The predicted octanol–water partition coefficient (Wildman–Crippen LogP) is 4.16. The van der Waals surface area contributed by atoms with Gasteiger partial charge in [-0.2, -0.15) is 0 Å². The average molecular weight is 208 g/mol. The van der Waals surface area contributed by atoms with Crippen LogP contribution in [-0.4, -0.2) is 0 Å². The summed E-state index contributed by atoms with van der Waals surface area (Å²) in [5.74, 6) is 0. The van der Waals surface area contributed by atoms with Gasteiger partial charge in [-0.1, -0.05) is 17.7 Å². The molecule has 0 fully saturated rings. The highest BCUT2D eigenvalue weighted by Crippen LogP contribution is 2.31. The third-order valence-corrected chi connectivity index (χ3v) is 3.54. The highest BCUT2D eigenvalue weighted by molar-refractivity contribution is 7.82. The van der Waals surface area contributed by atoms with Gasteiger partial charge in [-0.25, -0.2) is 0 Å². The van der Waals surface area contributed by atoms with Gasteiger partial charge in [-0.15, -0.1) is 24.0 Å². The van der Waals surface area contributed by atoms with Crippen molar-refractivity contribution in [2.45, 2.75) is 24.0 Å². The SMILES string of the molecule is CC1=CC(c2ccc(S)s2)=CCC1. The highest BCUT2D eigenvalue weighted by atomic mass is 32.2. The molecule has 0 saturated heterocycles. The average Bonchev–Trinajstić information content (AvgIpc) is 2.52. The number of allylic oxidation sites excluding steroid dienone is 4. The summed E-state index contributed by atoms with van der Waals surface area (Å²) in [5, 5.41) is 0. The van der Waals surface area contributed by atoms with Crippen molar-refractivity contribution in [3.63, 3.8) is 0 Å². The lowest BCUT2D eigenvalue weighted by molar-refractivity contribution is 0.966. The number of hydrogen-bond donors (Lipinski definition) is 1. The first-order chi connectivity index (χ1) is 6.25. The molecule has 0 unspecified atom stereocenters. The van der Waals surface area contributed by atoms with Crippen LogP contribution in [0.15, 0.2) is 34.1 Å². The molecule has 2 rings (SSSR count). The quantitative estimate of drug-likeness (QED) is 0.658. The topological polar surface area (TPSA) is 0 Å². The van der Waals surface area contributed by atoms with Crippen molar-refractivity contribution in [3.8, 4) is 0 Å². The Labute approximate surface area is 88.4 Å². The molecule has 2 heteroatoms. The van der Waals surface area contributed by atoms with Gasteiger partial charge in [0.1, 0.15) is 0 Å². The monoisotopic (exact) mass is 208 g/mol. The van der Waals surface area contributed by atoms with Crippen LogP contribution in [0.5, 0.6) is 0 Å². The van der Waals surface area contributed by atoms with Crippen LogP contribution in [0.2, 0.25) is 0 Å². The van der Waals surface area contributed by atoms with Crippen molar-refractivity contribution in [3.05, 3.63) is 34.7 Å². The lowest BCUT2D eigenvalue weighted by Crippen LogP contribution is -1.86. The van der Waals surface area contributed by atoms with Crippen molar-refractivity contribution in [2.24, 2.45) is 0 Å². The molecule has 0 N–H and O–H groups in total. The Kier molecular flexibility index (Phi) is 2.61. The molecule has 0 amide bonds. The van der Waals surface area contributed by atoms with E-state index in [0.717, 1.165) is 4.21 Å². The van der Waals surface area contributed by atoms with E-state index in [1.807, 2.05) is 0 Å². The second-order valence-electron chi connectivity index (χ2n) is 3.33. The molecule has 1 heterocycles. The minimum absolute atomic E-state index is 1.09. The summed E-state index contributed by atoms with van der Waals surface area (Å²) < 4.78 is 1.09. The molecule has 0 spiro atoms. The molecule has 0 aromatic carbocycles. The molecule has 1 aromatic heterocycles. The molecule has 0 saturated carbocycles. The molecular weight excluding hydrogens is 196 g/mol. The van der Waals surface area contributed by atoms with E-state index in [2.05, 4.69) is 43.8 Å². The maximum atomic E-state index is 4.32. The summed E-state index contributed by atoms with van der Waals surface area (Å²) in [6.45, 7) is 2.20.